The number of benzene rings is 1. The van der Waals surface area contributed by atoms with Crippen LogP contribution in [0.3, 0.4) is 0 Å². The number of nitrogens with one attached hydrogen (secondary N) is 1. The summed E-state index contributed by atoms with van der Waals surface area (Å²) in [4.78, 5) is 11.6. The normalized spacial score (nSPS) is 14.2. The monoisotopic (exact) mass is 240 g/mol. The van der Waals surface area contributed by atoms with Gasteiger partial charge in [-0.2, -0.15) is 0 Å². The van der Waals surface area contributed by atoms with Gasteiger partial charge in [-0.1, -0.05) is 30.7 Å². The minimum atomic E-state index is -0.443. The van der Waals surface area contributed by atoms with Crippen LogP contribution >= 0.6 is 11.6 Å². The highest BCUT2D eigenvalue weighted by atomic mass is 35.5. The van der Waals surface area contributed by atoms with Gasteiger partial charge in [0.2, 0.25) is 5.91 Å². The third kappa shape index (κ3) is 3.51. The minimum absolute atomic E-state index is 0.0798. The van der Waals surface area contributed by atoms with Crippen molar-refractivity contribution < 1.29 is 4.79 Å². The Labute approximate surface area is 101 Å². The molecule has 4 heteroatoms. The molecule has 0 saturated heterocycles. The van der Waals surface area contributed by atoms with Crippen molar-refractivity contribution in [2.45, 2.75) is 32.4 Å². The molecule has 88 valence electrons. The lowest BCUT2D eigenvalue weighted by molar-refractivity contribution is -0.123. The Bertz CT molecular complexity index is 368. The third-order valence-corrected chi connectivity index (χ3v) is 2.72. The van der Waals surface area contributed by atoms with Crippen LogP contribution in [0.2, 0.25) is 5.02 Å². The molecule has 0 unspecified atom stereocenters. The molecule has 1 aromatic rings. The Balaban J connectivity index is 2.65. The summed E-state index contributed by atoms with van der Waals surface area (Å²) in [5.74, 6) is -0.130. The highest BCUT2D eigenvalue weighted by Gasteiger charge is 2.14. The van der Waals surface area contributed by atoms with Crippen LogP contribution in [0.15, 0.2) is 24.3 Å². The summed E-state index contributed by atoms with van der Waals surface area (Å²) in [5, 5.41) is 3.52. The zero-order valence-corrected chi connectivity index (χ0v) is 10.3. The number of nitrogens with two attached hydrogens (primary N) is 1. The molecule has 2 atom stereocenters. The van der Waals surface area contributed by atoms with E-state index in [1.807, 2.05) is 32.0 Å². The fourth-order valence-corrected chi connectivity index (χ4v) is 1.56. The number of carbonyl (C=O) groups excluding carboxylic acids is 1. The van der Waals surface area contributed by atoms with Crippen molar-refractivity contribution in [2.24, 2.45) is 5.73 Å². The average molecular weight is 241 g/mol. The number of hydrogen-bond acceptors (Lipinski definition) is 2. The molecular weight excluding hydrogens is 224 g/mol. The standard InChI is InChI=1S/C12H17ClN2O/c1-3-11(14)12(16)15-8(2)9-5-4-6-10(13)7-9/h4-8,11H,3,14H2,1-2H3,(H,15,16)/t8-,11-/m0/s1. The SMILES string of the molecule is CC[C@H](N)C(=O)N[C@@H](C)c1cccc(Cl)c1. The lowest BCUT2D eigenvalue weighted by atomic mass is 10.1. The summed E-state index contributed by atoms with van der Waals surface area (Å²) in [6, 6.07) is 6.90. The Morgan fingerprint density at radius 1 is 1.56 bits per heavy atom. The highest BCUT2D eigenvalue weighted by Crippen LogP contribution is 2.17. The second kappa shape index (κ2) is 5.87. The molecule has 0 aliphatic heterocycles. The van der Waals surface area contributed by atoms with Gasteiger partial charge in [0, 0.05) is 5.02 Å². The Kier molecular flexibility index (Phi) is 4.77. The first-order chi connectivity index (χ1) is 7.54. The molecule has 3 N–H and O–H groups in total. The molecule has 1 rings (SSSR count). The quantitative estimate of drug-likeness (QED) is 0.848. The van der Waals surface area contributed by atoms with Crippen molar-refractivity contribution in [2.75, 3.05) is 0 Å². The molecule has 0 aliphatic carbocycles. The molecule has 0 heterocycles. The first-order valence-electron chi connectivity index (χ1n) is 5.36. The second-order valence-electron chi connectivity index (χ2n) is 3.80. The molecule has 16 heavy (non-hydrogen) atoms. The van der Waals surface area contributed by atoms with Crippen LogP contribution < -0.4 is 11.1 Å². The number of carbonyl (C=O) groups is 1. The first kappa shape index (κ1) is 13.0. The summed E-state index contributed by atoms with van der Waals surface area (Å²) < 4.78 is 0. The molecule has 1 aromatic carbocycles. The van der Waals surface area contributed by atoms with Gasteiger partial charge in [0.1, 0.15) is 0 Å². The van der Waals surface area contributed by atoms with Crippen LogP contribution in [0.25, 0.3) is 0 Å². The van der Waals surface area contributed by atoms with Gasteiger partial charge >= 0.3 is 0 Å². The molecule has 0 fully saturated rings. The van der Waals surface area contributed by atoms with E-state index in [4.69, 9.17) is 17.3 Å². The van der Waals surface area contributed by atoms with Crippen molar-refractivity contribution in [3.63, 3.8) is 0 Å². The van der Waals surface area contributed by atoms with Gasteiger partial charge in [-0.05, 0) is 31.0 Å². The number of amides is 1. The molecular formula is C12H17ClN2O. The van der Waals surface area contributed by atoms with E-state index in [1.165, 1.54) is 0 Å². The Hall–Kier alpha value is -1.06. The van der Waals surface area contributed by atoms with Gasteiger partial charge < -0.3 is 11.1 Å². The van der Waals surface area contributed by atoms with Gasteiger partial charge in [0.05, 0.1) is 12.1 Å². The van der Waals surface area contributed by atoms with Crippen LogP contribution in [-0.4, -0.2) is 11.9 Å². The summed E-state index contributed by atoms with van der Waals surface area (Å²) in [6.07, 6.45) is 0.633. The smallest absolute Gasteiger partial charge is 0.237 e. The largest absolute Gasteiger partial charge is 0.348 e. The van der Waals surface area contributed by atoms with Gasteiger partial charge in [-0.15, -0.1) is 0 Å². The Morgan fingerprint density at radius 3 is 2.81 bits per heavy atom. The van der Waals surface area contributed by atoms with Crippen molar-refractivity contribution in [1.82, 2.24) is 5.32 Å². The van der Waals surface area contributed by atoms with E-state index in [1.54, 1.807) is 6.07 Å². The van der Waals surface area contributed by atoms with Crippen molar-refractivity contribution in [1.29, 1.82) is 0 Å². The fourth-order valence-electron chi connectivity index (χ4n) is 1.37. The number of rotatable bonds is 4. The Morgan fingerprint density at radius 2 is 2.25 bits per heavy atom. The molecule has 0 aromatic heterocycles. The van der Waals surface area contributed by atoms with Crippen LogP contribution in [0.1, 0.15) is 31.9 Å². The minimum Gasteiger partial charge on any atom is -0.348 e. The van der Waals surface area contributed by atoms with E-state index < -0.39 is 6.04 Å². The van der Waals surface area contributed by atoms with Crippen LogP contribution in [-0.2, 0) is 4.79 Å². The summed E-state index contributed by atoms with van der Waals surface area (Å²) in [5.41, 5.74) is 6.61. The maximum atomic E-state index is 11.6. The van der Waals surface area contributed by atoms with E-state index in [0.717, 1.165) is 5.56 Å². The van der Waals surface area contributed by atoms with Crippen LogP contribution in [0, 0.1) is 0 Å². The molecule has 1 amide bonds. The average Bonchev–Trinajstić information content (AvgIpc) is 2.27. The van der Waals surface area contributed by atoms with Crippen molar-refractivity contribution in [3.8, 4) is 0 Å². The van der Waals surface area contributed by atoms with Gasteiger partial charge in [-0.25, -0.2) is 0 Å². The van der Waals surface area contributed by atoms with Gasteiger partial charge in [0.25, 0.3) is 0 Å². The van der Waals surface area contributed by atoms with E-state index in [9.17, 15) is 4.79 Å². The first-order valence-corrected chi connectivity index (χ1v) is 5.73. The van der Waals surface area contributed by atoms with E-state index in [2.05, 4.69) is 5.32 Å². The molecule has 0 aliphatic rings. The lowest BCUT2D eigenvalue weighted by Crippen LogP contribution is -2.41. The molecule has 0 saturated carbocycles. The van der Waals surface area contributed by atoms with E-state index >= 15 is 0 Å². The molecule has 0 radical (unpaired) electrons. The predicted octanol–water partition coefficient (Wildman–Crippen LogP) is 2.25. The third-order valence-electron chi connectivity index (χ3n) is 2.48. The zero-order valence-electron chi connectivity index (χ0n) is 9.53. The van der Waals surface area contributed by atoms with Crippen LogP contribution in [0.5, 0.6) is 0 Å². The zero-order chi connectivity index (χ0) is 12.1. The predicted molar refractivity (Wildman–Crippen MR) is 66.3 cm³/mol. The number of halogens is 1. The number of hydrogen-bond donors (Lipinski definition) is 2. The van der Waals surface area contributed by atoms with Crippen LogP contribution in [0.4, 0.5) is 0 Å². The van der Waals surface area contributed by atoms with Crippen molar-refractivity contribution in [3.05, 3.63) is 34.9 Å². The van der Waals surface area contributed by atoms with Gasteiger partial charge in [-0.3, -0.25) is 4.79 Å². The summed E-state index contributed by atoms with van der Waals surface area (Å²) >= 11 is 5.88. The molecule has 0 spiro atoms. The highest BCUT2D eigenvalue weighted by molar-refractivity contribution is 6.30. The maximum Gasteiger partial charge on any atom is 0.237 e. The van der Waals surface area contributed by atoms with E-state index in [-0.39, 0.29) is 11.9 Å². The molecule has 3 nitrogen and oxygen atoms in total. The fraction of sp³-hybridized carbons (Fsp3) is 0.417. The van der Waals surface area contributed by atoms with E-state index in [0.29, 0.717) is 11.4 Å². The maximum absolute atomic E-state index is 11.6. The lowest BCUT2D eigenvalue weighted by Gasteiger charge is -2.17. The second-order valence-corrected chi connectivity index (χ2v) is 4.24. The summed E-state index contributed by atoms with van der Waals surface area (Å²) in [6.45, 7) is 3.79. The molecule has 0 bridgehead atoms. The topological polar surface area (TPSA) is 55.1 Å². The van der Waals surface area contributed by atoms with Gasteiger partial charge in [0.15, 0.2) is 0 Å². The van der Waals surface area contributed by atoms with Crippen molar-refractivity contribution >= 4 is 17.5 Å². The summed E-state index contributed by atoms with van der Waals surface area (Å²) in [7, 11) is 0.